The summed E-state index contributed by atoms with van der Waals surface area (Å²) in [7, 11) is 0. The van der Waals surface area contributed by atoms with Gasteiger partial charge in [-0.1, -0.05) is 0 Å². The van der Waals surface area contributed by atoms with E-state index in [-0.39, 0.29) is 22.6 Å². The fourth-order valence-electron chi connectivity index (χ4n) is 1.63. The van der Waals surface area contributed by atoms with Gasteiger partial charge in [0.1, 0.15) is 0 Å². The lowest BCUT2D eigenvalue weighted by atomic mass is 10.1. The monoisotopic (exact) mass is 374 g/mol. The maximum absolute atomic E-state index is 12.1. The van der Waals surface area contributed by atoms with Crippen LogP contribution < -0.4 is 4.74 Å². The maximum atomic E-state index is 12.1. The van der Waals surface area contributed by atoms with Gasteiger partial charge in [-0.05, 0) is 39.7 Å². The molecular weight excluding hydrogens is 365 g/mol. The normalized spacial score (nSPS) is 11.3. The number of ether oxygens (including phenoxy) is 1. The number of pyridine rings is 2. The minimum atomic E-state index is -4.43. The number of rotatable bonds is 5. The van der Waals surface area contributed by atoms with E-state index in [4.69, 9.17) is 0 Å². The molecule has 0 aliphatic heterocycles. The fraction of sp³-hybridized carbons (Fsp3) is 0.214. The summed E-state index contributed by atoms with van der Waals surface area (Å²) in [6.07, 6.45) is -0.0506. The summed E-state index contributed by atoms with van der Waals surface area (Å²) in [4.78, 5) is 19.6. The second kappa shape index (κ2) is 6.87. The Balaban J connectivity index is 2.05. The fourth-order valence-corrected chi connectivity index (χ4v) is 2.14. The van der Waals surface area contributed by atoms with Gasteiger partial charge in [-0.3, -0.25) is 9.78 Å². The summed E-state index contributed by atoms with van der Waals surface area (Å²) in [6.45, 7) is -1.42. The Morgan fingerprint density at radius 2 is 2.09 bits per heavy atom. The highest BCUT2D eigenvalue weighted by Crippen LogP contribution is 2.25. The van der Waals surface area contributed by atoms with Gasteiger partial charge in [-0.15, -0.1) is 0 Å². The predicted octanol–water partition coefficient (Wildman–Crippen LogP) is 3.61. The zero-order chi connectivity index (χ0) is 16.2. The molecule has 2 heterocycles. The van der Waals surface area contributed by atoms with Crippen molar-refractivity contribution in [3.63, 3.8) is 0 Å². The number of hydrogen-bond acceptors (Lipinski definition) is 4. The smallest absolute Gasteiger partial charge is 0.422 e. The minimum Gasteiger partial charge on any atom is -0.467 e. The van der Waals surface area contributed by atoms with Crippen LogP contribution in [0.2, 0.25) is 0 Å². The Morgan fingerprint density at radius 3 is 2.68 bits per heavy atom. The molecule has 4 nitrogen and oxygen atoms in total. The van der Waals surface area contributed by atoms with Crippen LogP contribution in [-0.4, -0.2) is 28.5 Å². The largest absolute Gasteiger partial charge is 0.467 e. The van der Waals surface area contributed by atoms with Crippen LogP contribution in [0, 0.1) is 0 Å². The molecular formula is C14H10BrF3N2O2. The molecule has 8 heteroatoms. The summed E-state index contributed by atoms with van der Waals surface area (Å²) in [5, 5.41) is 0. The van der Waals surface area contributed by atoms with Crippen molar-refractivity contribution in [2.75, 3.05) is 6.61 Å². The molecule has 2 rings (SSSR count). The summed E-state index contributed by atoms with van der Waals surface area (Å²) in [5.41, 5.74) is 1.01. The number of halogens is 4. The van der Waals surface area contributed by atoms with Gasteiger partial charge in [0.25, 0.3) is 0 Å². The second-order valence-corrected chi connectivity index (χ2v) is 5.23. The van der Waals surface area contributed by atoms with Crippen LogP contribution in [-0.2, 0) is 6.42 Å². The van der Waals surface area contributed by atoms with E-state index in [0.717, 1.165) is 0 Å². The number of ketones is 1. The van der Waals surface area contributed by atoms with Crippen LogP contribution in [0.15, 0.2) is 41.3 Å². The van der Waals surface area contributed by atoms with E-state index in [1.807, 2.05) is 0 Å². The average Bonchev–Trinajstić information content (AvgIpc) is 2.46. The van der Waals surface area contributed by atoms with E-state index in [1.54, 1.807) is 18.3 Å². The third-order valence-corrected chi connectivity index (χ3v) is 3.15. The van der Waals surface area contributed by atoms with Crippen LogP contribution in [0.5, 0.6) is 5.88 Å². The summed E-state index contributed by atoms with van der Waals surface area (Å²) < 4.78 is 41.1. The predicted molar refractivity (Wildman–Crippen MR) is 75.8 cm³/mol. The van der Waals surface area contributed by atoms with Crippen molar-refractivity contribution in [2.24, 2.45) is 0 Å². The first-order chi connectivity index (χ1) is 10.3. The SMILES string of the molecule is O=C(Cc1cnc(OCC(F)(F)F)c(Br)c1)c1cccnc1. The second-order valence-electron chi connectivity index (χ2n) is 4.38. The minimum absolute atomic E-state index is 0.0663. The number of hydrogen-bond donors (Lipinski definition) is 0. The molecule has 0 spiro atoms. The highest BCUT2D eigenvalue weighted by molar-refractivity contribution is 9.10. The Morgan fingerprint density at radius 1 is 1.32 bits per heavy atom. The van der Waals surface area contributed by atoms with E-state index >= 15 is 0 Å². The highest BCUT2D eigenvalue weighted by atomic mass is 79.9. The molecule has 0 aliphatic carbocycles. The maximum Gasteiger partial charge on any atom is 0.422 e. The van der Waals surface area contributed by atoms with Crippen molar-refractivity contribution in [3.8, 4) is 5.88 Å². The molecule has 0 bridgehead atoms. The zero-order valence-corrected chi connectivity index (χ0v) is 12.7. The number of aromatic nitrogens is 2. The van der Waals surface area contributed by atoms with Crippen molar-refractivity contribution in [3.05, 3.63) is 52.4 Å². The molecule has 0 amide bonds. The van der Waals surface area contributed by atoms with Crippen molar-refractivity contribution < 1.29 is 22.7 Å². The van der Waals surface area contributed by atoms with E-state index < -0.39 is 12.8 Å². The standard InChI is InChI=1S/C14H10BrF3N2O2/c15-11-4-9(5-12(21)10-2-1-3-19-7-10)6-20-13(11)22-8-14(16,17)18/h1-4,6-7H,5,8H2. The van der Waals surface area contributed by atoms with Gasteiger partial charge in [0.2, 0.25) is 5.88 Å². The lowest BCUT2D eigenvalue weighted by molar-refractivity contribution is -0.154. The number of carbonyl (C=O) groups excluding carboxylic acids is 1. The van der Waals surface area contributed by atoms with Gasteiger partial charge in [0.05, 0.1) is 4.47 Å². The van der Waals surface area contributed by atoms with Crippen molar-refractivity contribution in [2.45, 2.75) is 12.6 Å². The van der Waals surface area contributed by atoms with Crippen LogP contribution in [0.25, 0.3) is 0 Å². The Hall–Kier alpha value is -1.96. The van der Waals surface area contributed by atoms with Gasteiger partial charge in [0.15, 0.2) is 12.4 Å². The third kappa shape index (κ3) is 4.80. The zero-order valence-electron chi connectivity index (χ0n) is 11.1. The molecule has 0 aromatic carbocycles. The number of nitrogens with zero attached hydrogens (tertiary/aromatic N) is 2. The van der Waals surface area contributed by atoms with Crippen LogP contribution in [0.3, 0.4) is 0 Å². The first kappa shape index (κ1) is 16.4. The Kier molecular flexibility index (Phi) is 5.12. The molecule has 0 N–H and O–H groups in total. The molecule has 0 unspecified atom stereocenters. The molecule has 2 aromatic rings. The molecule has 0 atom stereocenters. The Labute approximate surface area is 132 Å². The van der Waals surface area contributed by atoms with Gasteiger partial charge < -0.3 is 4.74 Å². The summed E-state index contributed by atoms with van der Waals surface area (Å²) in [6, 6.07) is 4.79. The van der Waals surface area contributed by atoms with Gasteiger partial charge in [0, 0.05) is 30.6 Å². The van der Waals surface area contributed by atoms with Crippen molar-refractivity contribution >= 4 is 21.7 Å². The van der Waals surface area contributed by atoms with E-state index in [1.165, 1.54) is 18.5 Å². The number of carbonyl (C=O) groups is 1. The van der Waals surface area contributed by atoms with Crippen LogP contribution in [0.4, 0.5) is 13.2 Å². The average molecular weight is 375 g/mol. The van der Waals surface area contributed by atoms with Crippen molar-refractivity contribution in [1.29, 1.82) is 0 Å². The summed E-state index contributed by atoms with van der Waals surface area (Å²) >= 11 is 3.08. The van der Waals surface area contributed by atoms with Gasteiger partial charge in [-0.25, -0.2) is 4.98 Å². The third-order valence-electron chi connectivity index (χ3n) is 2.58. The molecule has 0 saturated heterocycles. The molecule has 0 aliphatic rings. The molecule has 0 saturated carbocycles. The van der Waals surface area contributed by atoms with Crippen LogP contribution >= 0.6 is 15.9 Å². The van der Waals surface area contributed by atoms with Gasteiger partial charge in [-0.2, -0.15) is 13.2 Å². The molecule has 22 heavy (non-hydrogen) atoms. The Bertz CT molecular complexity index is 663. The topological polar surface area (TPSA) is 52.1 Å². The quantitative estimate of drug-likeness (QED) is 0.750. The van der Waals surface area contributed by atoms with E-state index in [0.29, 0.717) is 11.1 Å². The molecule has 116 valence electrons. The van der Waals surface area contributed by atoms with Crippen LogP contribution in [0.1, 0.15) is 15.9 Å². The lowest BCUT2D eigenvalue weighted by Gasteiger charge is -2.10. The first-order valence-electron chi connectivity index (χ1n) is 6.12. The molecule has 0 radical (unpaired) electrons. The number of Topliss-reactive ketones (excluding diaryl/α,β-unsaturated/α-hetero) is 1. The molecule has 2 aromatic heterocycles. The summed E-state index contributed by atoms with van der Waals surface area (Å²) in [5.74, 6) is -0.333. The molecule has 0 fully saturated rings. The number of alkyl halides is 3. The lowest BCUT2D eigenvalue weighted by Crippen LogP contribution is -2.19. The van der Waals surface area contributed by atoms with Gasteiger partial charge >= 0.3 is 6.18 Å². The van der Waals surface area contributed by atoms with E-state index in [9.17, 15) is 18.0 Å². The highest BCUT2D eigenvalue weighted by Gasteiger charge is 2.29. The first-order valence-corrected chi connectivity index (χ1v) is 6.91. The van der Waals surface area contributed by atoms with Crippen molar-refractivity contribution in [1.82, 2.24) is 9.97 Å². The van der Waals surface area contributed by atoms with E-state index in [2.05, 4.69) is 30.6 Å².